The standard InChI is InChI=1S/C10H20N2O2/c1-12(5-4-10(11)13)7-9-3-2-6-14-8-9/h9H,2-8H2,1H3,(H2,11,13). The molecule has 82 valence electrons. The largest absolute Gasteiger partial charge is 0.381 e. The first-order valence-corrected chi connectivity index (χ1v) is 5.23. The smallest absolute Gasteiger partial charge is 0.218 e. The van der Waals surface area contributed by atoms with Gasteiger partial charge in [0.05, 0.1) is 6.61 Å². The van der Waals surface area contributed by atoms with Crippen molar-refractivity contribution in [1.29, 1.82) is 0 Å². The molecule has 0 bridgehead atoms. The quantitative estimate of drug-likeness (QED) is 0.690. The molecule has 4 heteroatoms. The van der Waals surface area contributed by atoms with Gasteiger partial charge in [-0.05, 0) is 25.8 Å². The number of nitrogens with two attached hydrogens (primary N) is 1. The van der Waals surface area contributed by atoms with Crippen LogP contribution >= 0.6 is 0 Å². The Bertz CT molecular complexity index is 179. The minimum Gasteiger partial charge on any atom is -0.381 e. The number of rotatable bonds is 5. The maximum absolute atomic E-state index is 10.6. The van der Waals surface area contributed by atoms with Gasteiger partial charge in [0.25, 0.3) is 0 Å². The molecular weight excluding hydrogens is 180 g/mol. The van der Waals surface area contributed by atoms with Crippen LogP contribution in [-0.2, 0) is 9.53 Å². The Labute approximate surface area is 85.4 Å². The molecule has 0 aliphatic carbocycles. The van der Waals surface area contributed by atoms with E-state index in [9.17, 15) is 4.79 Å². The van der Waals surface area contributed by atoms with E-state index < -0.39 is 0 Å². The van der Waals surface area contributed by atoms with Gasteiger partial charge < -0.3 is 15.4 Å². The van der Waals surface area contributed by atoms with Crippen molar-refractivity contribution in [2.24, 2.45) is 11.7 Å². The SMILES string of the molecule is CN(CCC(N)=O)CC1CCCOC1. The molecule has 1 amide bonds. The number of carbonyl (C=O) groups excluding carboxylic acids is 1. The topological polar surface area (TPSA) is 55.6 Å². The fraction of sp³-hybridized carbons (Fsp3) is 0.900. The Morgan fingerprint density at radius 2 is 2.43 bits per heavy atom. The van der Waals surface area contributed by atoms with Crippen LogP contribution in [0.4, 0.5) is 0 Å². The average molecular weight is 200 g/mol. The number of primary amides is 1. The summed E-state index contributed by atoms with van der Waals surface area (Å²) in [7, 11) is 2.03. The Morgan fingerprint density at radius 3 is 3.00 bits per heavy atom. The van der Waals surface area contributed by atoms with Crippen LogP contribution in [-0.4, -0.2) is 44.2 Å². The lowest BCUT2D eigenvalue weighted by Gasteiger charge is -2.26. The van der Waals surface area contributed by atoms with Crippen molar-refractivity contribution in [2.45, 2.75) is 19.3 Å². The zero-order valence-corrected chi connectivity index (χ0v) is 8.87. The molecule has 0 aromatic rings. The summed E-state index contributed by atoms with van der Waals surface area (Å²) in [5, 5.41) is 0. The molecule has 1 unspecified atom stereocenters. The van der Waals surface area contributed by atoms with E-state index >= 15 is 0 Å². The van der Waals surface area contributed by atoms with Crippen molar-refractivity contribution in [3.63, 3.8) is 0 Å². The summed E-state index contributed by atoms with van der Waals surface area (Å²) in [5.74, 6) is 0.401. The molecule has 1 aliphatic rings. The highest BCUT2D eigenvalue weighted by Gasteiger charge is 2.15. The maximum atomic E-state index is 10.6. The van der Waals surface area contributed by atoms with Gasteiger partial charge >= 0.3 is 0 Å². The van der Waals surface area contributed by atoms with Crippen molar-refractivity contribution in [3.05, 3.63) is 0 Å². The third-order valence-corrected chi connectivity index (χ3v) is 2.56. The molecule has 1 rings (SSSR count). The molecule has 1 atom stereocenters. The van der Waals surface area contributed by atoms with Crippen LogP contribution in [0.2, 0.25) is 0 Å². The third kappa shape index (κ3) is 4.58. The second-order valence-electron chi connectivity index (χ2n) is 4.06. The Kier molecular flexibility index (Phi) is 4.90. The first-order valence-electron chi connectivity index (χ1n) is 5.23. The molecule has 0 saturated carbocycles. The Hall–Kier alpha value is -0.610. The summed E-state index contributed by atoms with van der Waals surface area (Å²) in [4.78, 5) is 12.7. The van der Waals surface area contributed by atoms with E-state index in [1.165, 1.54) is 6.42 Å². The lowest BCUT2D eigenvalue weighted by molar-refractivity contribution is -0.118. The van der Waals surface area contributed by atoms with Crippen molar-refractivity contribution in [3.8, 4) is 0 Å². The number of ether oxygens (including phenoxy) is 1. The number of amides is 1. The van der Waals surface area contributed by atoms with Crippen LogP contribution in [0.25, 0.3) is 0 Å². The summed E-state index contributed by atoms with van der Waals surface area (Å²) in [6.07, 6.45) is 2.85. The van der Waals surface area contributed by atoms with Gasteiger partial charge in [-0.15, -0.1) is 0 Å². The lowest BCUT2D eigenvalue weighted by atomic mass is 10.0. The second kappa shape index (κ2) is 5.98. The van der Waals surface area contributed by atoms with Crippen LogP contribution in [0, 0.1) is 5.92 Å². The first kappa shape index (κ1) is 11.5. The highest BCUT2D eigenvalue weighted by Crippen LogP contribution is 2.14. The van der Waals surface area contributed by atoms with Gasteiger partial charge in [-0.2, -0.15) is 0 Å². The third-order valence-electron chi connectivity index (χ3n) is 2.56. The molecule has 1 aliphatic heterocycles. The zero-order valence-electron chi connectivity index (χ0n) is 8.87. The van der Waals surface area contributed by atoms with E-state index in [1.807, 2.05) is 7.05 Å². The molecular formula is C10H20N2O2. The van der Waals surface area contributed by atoms with Gasteiger partial charge in [0.1, 0.15) is 0 Å². The first-order chi connectivity index (χ1) is 6.68. The molecule has 0 spiro atoms. The molecule has 0 aromatic carbocycles. The Balaban J connectivity index is 2.11. The number of hydrogen-bond acceptors (Lipinski definition) is 3. The fourth-order valence-corrected chi connectivity index (χ4v) is 1.78. The van der Waals surface area contributed by atoms with E-state index in [2.05, 4.69) is 4.90 Å². The van der Waals surface area contributed by atoms with Gasteiger partial charge in [0.2, 0.25) is 5.91 Å². The van der Waals surface area contributed by atoms with Gasteiger partial charge in [0.15, 0.2) is 0 Å². The normalized spacial score (nSPS) is 22.6. The molecule has 4 nitrogen and oxygen atoms in total. The molecule has 1 heterocycles. The second-order valence-corrected chi connectivity index (χ2v) is 4.06. The fourth-order valence-electron chi connectivity index (χ4n) is 1.78. The van der Waals surface area contributed by atoms with Crippen LogP contribution < -0.4 is 5.73 Å². The molecule has 2 N–H and O–H groups in total. The van der Waals surface area contributed by atoms with E-state index in [-0.39, 0.29) is 5.91 Å². The highest BCUT2D eigenvalue weighted by molar-refractivity contribution is 5.73. The van der Waals surface area contributed by atoms with Gasteiger partial charge in [-0.3, -0.25) is 4.79 Å². The maximum Gasteiger partial charge on any atom is 0.218 e. The van der Waals surface area contributed by atoms with Crippen molar-refractivity contribution in [2.75, 3.05) is 33.4 Å². The van der Waals surface area contributed by atoms with E-state index in [1.54, 1.807) is 0 Å². The summed E-state index contributed by atoms with van der Waals surface area (Å²) in [6.45, 7) is 3.53. The number of hydrogen-bond donors (Lipinski definition) is 1. The summed E-state index contributed by atoms with van der Waals surface area (Å²) < 4.78 is 5.39. The van der Waals surface area contributed by atoms with E-state index in [4.69, 9.17) is 10.5 Å². The monoisotopic (exact) mass is 200 g/mol. The van der Waals surface area contributed by atoms with Crippen molar-refractivity contribution in [1.82, 2.24) is 4.90 Å². The van der Waals surface area contributed by atoms with Crippen LogP contribution in [0.1, 0.15) is 19.3 Å². The van der Waals surface area contributed by atoms with Crippen molar-refractivity contribution >= 4 is 5.91 Å². The van der Waals surface area contributed by atoms with Crippen LogP contribution in [0.3, 0.4) is 0 Å². The Morgan fingerprint density at radius 1 is 1.64 bits per heavy atom. The molecule has 0 aromatic heterocycles. The minimum absolute atomic E-state index is 0.225. The number of carbonyl (C=O) groups is 1. The highest BCUT2D eigenvalue weighted by atomic mass is 16.5. The van der Waals surface area contributed by atoms with Crippen LogP contribution in [0.5, 0.6) is 0 Å². The van der Waals surface area contributed by atoms with E-state index in [0.717, 1.165) is 32.7 Å². The average Bonchev–Trinajstić information content (AvgIpc) is 2.16. The molecule has 0 radical (unpaired) electrons. The van der Waals surface area contributed by atoms with E-state index in [0.29, 0.717) is 12.3 Å². The summed E-state index contributed by atoms with van der Waals surface area (Å²) in [6, 6.07) is 0. The lowest BCUT2D eigenvalue weighted by Crippen LogP contribution is -2.33. The molecule has 1 fully saturated rings. The summed E-state index contributed by atoms with van der Waals surface area (Å²) in [5.41, 5.74) is 5.08. The van der Waals surface area contributed by atoms with Gasteiger partial charge in [-0.25, -0.2) is 0 Å². The minimum atomic E-state index is -0.225. The number of nitrogens with zero attached hydrogens (tertiary/aromatic N) is 1. The van der Waals surface area contributed by atoms with Gasteiger partial charge in [0, 0.05) is 26.1 Å². The molecule has 14 heavy (non-hydrogen) atoms. The van der Waals surface area contributed by atoms with Crippen LogP contribution in [0.15, 0.2) is 0 Å². The van der Waals surface area contributed by atoms with Crippen molar-refractivity contribution < 1.29 is 9.53 Å². The predicted molar refractivity (Wildman–Crippen MR) is 54.9 cm³/mol. The molecule has 1 saturated heterocycles. The predicted octanol–water partition coefficient (Wildman–Crippen LogP) is 0.220. The zero-order chi connectivity index (χ0) is 10.4. The van der Waals surface area contributed by atoms with Gasteiger partial charge in [-0.1, -0.05) is 0 Å². The summed E-state index contributed by atoms with van der Waals surface area (Å²) >= 11 is 0.